The van der Waals surface area contributed by atoms with Crippen LogP contribution in [0.4, 0.5) is 0 Å². The van der Waals surface area contributed by atoms with Gasteiger partial charge in [-0.15, -0.1) is 11.8 Å². The van der Waals surface area contributed by atoms with E-state index in [-0.39, 0.29) is 11.2 Å². The van der Waals surface area contributed by atoms with Gasteiger partial charge >= 0.3 is 5.97 Å². The fourth-order valence-electron chi connectivity index (χ4n) is 1.55. The molecule has 1 unspecified atom stereocenters. The predicted octanol–water partition coefficient (Wildman–Crippen LogP) is -4.29. The molecule has 9 nitrogen and oxygen atoms in total. The highest BCUT2D eigenvalue weighted by Crippen LogP contribution is 2.24. The lowest BCUT2D eigenvalue weighted by Crippen LogP contribution is -2.52. The number of carboxylic acid groups (broad SMARTS) is 1. The van der Waals surface area contributed by atoms with Gasteiger partial charge < -0.3 is 36.1 Å². The number of carboxylic acids is 1. The van der Waals surface area contributed by atoms with E-state index in [9.17, 15) is 20.1 Å². The van der Waals surface area contributed by atoms with Crippen molar-refractivity contribution in [2.45, 2.75) is 35.8 Å². The Bertz CT molecular complexity index is 293. The Morgan fingerprint density at radius 2 is 1.84 bits per heavy atom. The SMILES string of the molecule is O.O=C(O)[C@@H]1CSC([C@@H](O)[C@@H](O)[C@H](O)[C@H](O)CO)N1. The number of thioether (sulfide) groups is 1. The molecule has 0 aromatic rings. The van der Waals surface area contributed by atoms with Crippen LogP contribution < -0.4 is 5.32 Å². The van der Waals surface area contributed by atoms with Gasteiger partial charge in [-0.25, -0.2) is 0 Å². The van der Waals surface area contributed by atoms with Crippen molar-refractivity contribution in [1.82, 2.24) is 5.32 Å². The summed E-state index contributed by atoms with van der Waals surface area (Å²) in [6, 6.07) is -0.832. The fourth-order valence-corrected chi connectivity index (χ4v) is 2.81. The highest BCUT2D eigenvalue weighted by atomic mass is 32.2. The summed E-state index contributed by atoms with van der Waals surface area (Å²) >= 11 is 1.09. The highest BCUT2D eigenvalue weighted by molar-refractivity contribution is 8.00. The van der Waals surface area contributed by atoms with Gasteiger partial charge in [-0.05, 0) is 0 Å². The number of hydrogen-bond acceptors (Lipinski definition) is 8. The topological polar surface area (TPSA) is 182 Å². The van der Waals surface area contributed by atoms with Crippen molar-refractivity contribution in [2.75, 3.05) is 12.4 Å². The Morgan fingerprint density at radius 3 is 2.26 bits per heavy atom. The van der Waals surface area contributed by atoms with E-state index in [4.69, 9.17) is 15.3 Å². The van der Waals surface area contributed by atoms with Crippen LogP contribution in [-0.2, 0) is 4.79 Å². The van der Waals surface area contributed by atoms with E-state index in [0.717, 1.165) is 11.8 Å². The molecule has 1 rings (SSSR count). The van der Waals surface area contributed by atoms with Crippen LogP contribution in [0.15, 0.2) is 0 Å². The maximum atomic E-state index is 10.7. The minimum atomic E-state index is -1.71. The van der Waals surface area contributed by atoms with E-state index < -0.39 is 48.4 Å². The van der Waals surface area contributed by atoms with Gasteiger partial charge in [0.2, 0.25) is 0 Å². The number of aliphatic hydroxyl groups is 5. The number of rotatable bonds is 6. The molecule has 1 fully saturated rings. The second kappa shape index (κ2) is 7.97. The van der Waals surface area contributed by atoms with Gasteiger partial charge in [0.25, 0.3) is 0 Å². The van der Waals surface area contributed by atoms with Gasteiger partial charge in [0, 0.05) is 5.75 Å². The molecule has 0 aromatic heterocycles. The van der Waals surface area contributed by atoms with E-state index in [1.165, 1.54) is 0 Å². The van der Waals surface area contributed by atoms with Crippen molar-refractivity contribution in [3.63, 3.8) is 0 Å². The van der Waals surface area contributed by atoms with Crippen LogP contribution in [0.25, 0.3) is 0 Å². The minimum Gasteiger partial charge on any atom is -0.480 e. The largest absolute Gasteiger partial charge is 0.480 e. The summed E-state index contributed by atoms with van der Waals surface area (Å²) < 4.78 is 0. The first kappa shape index (κ1) is 18.5. The van der Waals surface area contributed by atoms with E-state index in [0.29, 0.717) is 0 Å². The van der Waals surface area contributed by atoms with Gasteiger partial charge in [-0.3, -0.25) is 10.1 Å². The average Bonchev–Trinajstić information content (AvgIpc) is 2.84. The number of aliphatic carboxylic acids is 1. The fraction of sp³-hybridized carbons (Fsp3) is 0.889. The van der Waals surface area contributed by atoms with Crippen molar-refractivity contribution in [3.8, 4) is 0 Å². The average molecular weight is 301 g/mol. The first-order valence-electron chi connectivity index (χ1n) is 5.32. The molecule has 0 spiro atoms. The number of carbonyl (C=O) groups is 1. The van der Waals surface area contributed by atoms with Crippen LogP contribution >= 0.6 is 11.8 Å². The Balaban J connectivity index is 0.00000324. The smallest absolute Gasteiger partial charge is 0.321 e. The molecule has 0 radical (unpaired) electrons. The van der Waals surface area contributed by atoms with Crippen molar-refractivity contribution in [2.24, 2.45) is 0 Å². The maximum absolute atomic E-state index is 10.7. The predicted molar refractivity (Wildman–Crippen MR) is 65.5 cm³/mol. The third kappa shape index (κ3) is 4.54. The Hall–Kier alpha value is -0.460. The molecule has 0 aliphatic carbocycles. The van der Waals surface area contributed by atoms with Gasteiger partial charge in [0.1, 0.15) is 30.5 Å². The Labute approximate surface area is 113 Å². The van der Waals surface area contributed by atoms with Gasteiger partial charge in [0.15, 0.2) is 0 Å². The van der Waals surface area contributed by atoms with E-state index in [2.05, 4.69) is 5.32 Å². The lowest BCUT2D eigenvalue weighted by atomic mass is 10.0. The zero-order valence-corrected chi connectivity index (χ0v) is 10.7. The van der Waals surface area contributed by atoms with Gasteiger partial charge in [-0.2, -0.15) is 0 Å². The van der Waals surface area contributed by atoms with Crippen LogP contribution in [0.1, 0.15) is 0 Å². The lowest BCUT2D eigenvalue weighted by molar-refractivity contribution is -0.139. The highest BCUT2D eigenvalue weighted by Gasteiger charge is 2.40. The van der Waals surface area contributed by atoms with Crippen LogP contribution in [0.2, 0.25) is 0 Å². The molecule has 0 amide bonds. The molecule has 19 heavy (non-hydrogen) atoms. The summed E-state index contributed by atoms with van der Waals surface area (Å²) in [5, 5.41) is 57.1. The van der Waals surface area contributed by atoms with Gasteiger partial charge in [-0.1, -0.05) is 0 Å². The quantitative estimate of drug-likeness (QED) is 0.255. The van der Waals surface area contributed by atoms with Crippen LogP contribution in [-0.4, -0.2) is 90.3 Å². The summed E-state index contributed by atoms with van der Waals surface area (Å²) in [7, 11) is 0. The lowest BCUT2D eigenvalue weighted by Gasteiger charge is -2.28. The summed E-state index contributed by atoms with van der Waals surface area (Å²) in [6.07, 6.45) is -6.44. The second-order valence-corrected chi connectivity index (χ2v) is 5.21. The molecule has 1 saturated heterocycles. The van der Waals surface area contributed by atoms with E-state index >= 15 is 0 Å². The molecule has 0 saturated carbocycles. The third-order valence-electron chi connectivity index (χ3n) is 2.70. The molecule has 1 heterocycles. The maximum Gasteiger partial charge on any atom is 0.321 e. The molecule has 0 aromatic carbocycles. The second-order valence-electron chi connectivity index (χ2n) is 4.03. The molecule has 1 aliphatic heterocycles. The molecule has 10 heteroatoms. The zero-order chi connectivity index (χ0) is 13.9. The van der Waals surface area contributed by atoms with Crippen molar-refractivity contribution >= 4 is 17.7 Å². The first-order valence-corrected chi connectivity index (χ1v) is 6.37. The molecular weight excluding hydrogens is 282 g/mol. The molecule has 114 valence electrons. The van der Waals surface area contributed by atoms with Crippen LogP contribution in [0.3, 0.4) is 0 Å². The molecular formula is C9H19NO8S. The Kier molecular flexibility index (Phi) is 7.78. The molecule has 9 N–H and O–H groups in total. The van der Waals surface area contributed by atoms with E-state index in [1.54, 1.807) is 0 Å². The summed E-state index contributed by atoms with van der Waals surface area (Å²) in [5.41, 5.74) is 0. The van der Waals surface area contributed by atoms with Crippen molar-refractivity contribution in [3.05, 3.63) is 0 Å². The normalized spacial score (nSPS) is 29.1. The number of nitrogens with one attached hydrogen (secondary N) is 1. The summed E-state index contributed by atoms with van der Waals surface area (Å²) in [5.74, 6) is -0.842. The van der Waals surface area contributed by atoms with Crippen molar-refractivity contribution < 1.29 is 40.9 Å². The Morgan fingerprint density at radius 1 is 1.26 bits per heavy atom. The molecule has 6 atom stereocenters. The monoisotopic (exact) mass is 301 g/mol. The standard InChI is InChI=1S/C9H17NO7S.H2O/c11-1-4(12)5(13)6(14)7(15)8-10-3(2-18-8)9(16)17;/h3-8,10-15H,1-2H2,(H,16,17);1H2/t3-,4+,5+,6-,7-,8?;/m0./s1. The number of aliphatic hydroxyl groups excluding tert-OH is 5. The molecule has 1 aliphatic rings. The third-order valence-corrected chi connectivity index (χ3v) is 4.00. The van der Waals surface area contributed by atoms with Crippen LogP contribution in [0, 0.1) is 0 Å². The van der Waals surface area contributed by atoms with Gasteiger partial charge in [0.05, 0.1) is 12.0 Å². The zero-order valence-electron chi connectivity index (χ0n) is 9.88. The summed E-state index contributed by atoms with van der Waals surface area (Å²) in [4.78, 5) is 10.7. The minimum absolute atomic E-state index is 0. The first-order chi connectivity index (χ1) is 8.38. The van der Waals surface area contributed by atoms with E-state index in [1.807, 2.05) is 0 Å². The van der Waals surface area contributed by atoms with Crippen LogP contribution in [0.5, 0.6) is 0 Å². The van der Waals surface area contributed by atoms with Crippen molar-refractivity contribution in [1.29, 1.82) is 0 Å². The number of hydrogen-bond donors (Lipinski definition) is 7. The summed E-state index contributed by atoms with van der Waals surface area (Å²) in [6.45, 7) is -0.756. The molecule has 0 bridgehead atoms.